The first-order valence-electron chi connectivity index (χ1n) is 9.35. The van der Waals surface area contributed by atoms with Gasteiger partial charge in [-0.25, -0.2) is 0 Å². The average molecular weight is 297 g/mol. The van der Waals surface area contributed by atoms with E-state index in [1.54, 1.807) is 0 Å². The maximum Gasteiger partial charge on any atom is 0.00967 e. The SMILES string of the molecule is CCN(CC(CC)(CC)CNC(C)(C)C)C1CCCCC1. The van der Waals surface area contributed by atoms with Gasteiger partial charge in [0, 0.05) is 24.7 Å². The van der Waals surface area contributed by atoms with Gasteiger partial charge in [-0.2, -0.15) is 0 Å². The Kier molecular flexibility index (Phi) is 7.70. The molecule has 1 rings (SSSR count). The molecule has 1 aliphatic rings. The molecule has 0 amide bonds. The van der Waals surface area contributed by atoms with Crippen molar-refractivity contribution >= 4 is 0 Å². The van der Waals surface area contributed by atoms with E-state index in [1.165, 1.54) is 58.0 Å². The van der Waals surface area contributed by atoms with Crippen molar-refractivity contribution in [3.63, 3.8) is 0 Å². The van der Waals surface area contributed by atoms with Crippen LogP contribution in [0.1, 0.15) is 86.5 Å². The molecule has 21 heavy (non-hydrogen) atoms. The van der Waals surface area contributed by atoms with Gasteiger partial charge in [-0.15, -0.1) is 0 Å². The summed E-state index contributed by atoms with van der Waals surface area (Å²) in [4.78, 5) is 2.79. The normalized spacial score (nSPS) is 18.4. The van der Waals surface area contributed by atoms with Gasteiger partial charge in [0.15, 0.2) is 0 Å². The van der Waals surface area contributed by atoms with Gasteiger partial charge in [0.2, 0.25) is 0 Å². The van der Waals surface area contributed by atoms with Crippen molar-refractivity contribution in [3.8, 4) is 0 Å². The van der Waals surface area contributed by atoms with Crippen molar-refractivity contribution in [2.45, 2.75) is 98.1 Å². The second kappa shape index (κ2) is 8.53. The van der Waals surface area contributed by atoms with Crippen molar-refractivity contribution < 1.29 is 0 Å². The first-order valence-corrected chi connectivity index (χ1v) is 9.35. The van der Waals surface area contributed by atoms with Crippen LogP contribution in [-0.4, -0.2) is 36.1 Å². The summed E-state index contributed by atoms with van der Waals surface area (Å²) in [6, 6.07) is 0.843. The van der Waals surface area contributed by atoms with E-state index in [1.807, 2.05) is 0 Å². The smallest absolute Gasteiger partial charge is 0.00967 e. The minimum atomic E-state index is 0.220. The van der Waals surface area contributed by atoms with Crippen LogP contribution in [0.4, 0.5) is 0 Å². The Morgan fingerprint density at radius 3 is 1.95 bits per heavy atom. The van der Waals surface area contributed by atoms with E-state index in [2.05, 4.69) is 51.8 Å². The van der Waals surface area contributed by atoms with E-state index in [-0.39, 0.29) is 5.54 Å². The molecule has 0 aliphatic heterocycles. The number of hydrogen-bond donors (Lipinski definition) is 1. The standard InChI is InChI=1S/C19H40N2/c1-7-19(8-2,15-20-18(4,5)6)16-21(9-3)17-13-11-10-12-14-17/h17,20H,7-16H2,1-6H3. The first kappa shape index (κ1) is 19.0. The molecule has 0 bridgehead atoms. The quantitative estimate of drug-likeness (QED) is 0.690. The summed E-state index contributed by atoms with van der Waals surface area (Å²) in [5, 5.41) is 3.77. The molecule has 0 radical (unpaired) electrons. The highest BCUT2D eigenvalue weighted by Gasteiger charge is 2.32. The van der Waals surface area contributed by atoms with Gasteiger partial charge in [0.1, 0.15) is 0 Å². The minimum Gasteiger partial charge on any atom is -0.311 e. The van der Waals surface area contributed by atoms with E-state index >= 15 is 0 Å². The first-order chi connectivity index (χ1) is 9.86. The second-order valence-electron chi connectivity index (χ2n) is 8.17. The summed E-state index contributed by atoms with van der Waals surface area (Å²) in [6.07, 6.45) is 9.71. The number of nitrogens with one attached hydrogen (secondary N) is 1. The third-order valence-electron chi connectivity index (χ3n) is 5.53. The fourth-order valence-electron chi connectivity index (χ4n) is 3.61. The summed E-state index contributed by atoms with van der Waals surface area (Å²) in [5.74, 6) is 0. The fraction of sp³-hybridized carbons (Fsp3) is 1.00. The Morgan fingerprint density at radius 1 is 0.952 bits per heavy atom. The summed E-state index contributed by atoms with van der Waals surface area (Å²) >= 11 is 0. The van der Waals surface area contributed by atoms with Crippen LogP contribution in [-0.2, 0) is 0 Å². The Labute approximate surface area is 134 Å². The van der Waals surface area contributed by atoms with Crippen LogP contribution >= 0.6 is 0 Å². The number of nitrogens with zero attached hydrogens (tertiary/aromatic N) is 1. The average Bonchev–Trinajstić information content (AvgIpc) is 2.48. The highest BCUT2D eigenvalue weighted by Crippen LogP contribution is 2.31. The molecule has 0 aromatic heterocycles. The van der Waals surface area contributed by atoms with Crippen LogP contribution in [0.3, 0.4) is 0 Å². The predicted molar refractivity (Wildman–Crippen MR) is 94.9 cm³/mol. The topological polar surface area (TPSA) is 15.3 Å². The number of rotatable bonds is 8. The van der Waals surface area contributed by atoms with Crippen molar-refractivity contribution in [1.29, 1.82) is 0 Å². The lowest BCUT2D eigenvalue weighted by molar-refractivity contribution is 0.0801. The summed E-state index contributed by atoms with van der Waals surface area (Å²) in [7, 11) is 0. The third kappa shape index (κ3) is 6.28. The van der Waals surface area contributed by atoms with E-state index < -0.39 is 0 Å². The maximum atomic E-state index is 3.77. The molecular weight excluding hydrogens is 256 g/mol. The van der Waals surface area contributed by atoms with Crippen LogP contribution in [0.15, 0.2) is 0 Å². The lowest BCUT2D eigenvalue weighted by Gasteiger charge is -2.43. The molecule has 1 N–H and O–H groups in total. The lowest BCUT2D eigenvalue weighted by Crippen LogP contribution is -2.50. The maximum absolute atomic E-state index is 3.77. The van der Waals surface area contributed by atoms with Gasteiger partial charge in [0.05, 0.1) is 0 Å². The van der Waals surface area contributed by atoms with Gasteiger partial charge in [0.25, 0.3) is 0 Å². The monoisotopic (exact) mass is 296 g/mol. The molecule has 0 spiro atoms. The van der Waals surface area contributed by atoms with E-state index in [0.717, 1.165) is 12.6 Å². The van der Waals surface area contributed by atoms with E-state index in [9.17, 15) is 0 Å². The van der Waals surface area contributed by atoms with Crippen LogP contribution in [0.2, 0.25) is 0 Å². The van der Waals surface area contributed by atoms with Gasteiger partial charge in [-0.3, -0.25) is 0 Å². The Hall–Kier alpha value is -0.0800. The Bertz CT molecular complexity index is 270. The fourth-order valence-corrected chi connectivity index (χ4v) is 3.61. The van der Waals surface area contributed by atoms with Crippen LogP contribution in [0, 0.1) is 5.41 Å². The molecule has 126 valence electrons. The Morgan fingerprint density at radius 2 is 1.52 bits per heavy atom. The van der Waals surface area contributed by atoms with Crippen LogP contribution < -0.4 is 5.32 Å². The number of hydrogen-bond acceptors (Lipinski definition) is 2. The molecule has 0 saturated heterocycles. The molecule has 0 unspecified atom stereocenters. The molecule has 0 heterocycles. The van der Waals surface area contributed by atoms with Crippen molar-refractivity contribution in [3.05, 3.63) is 0 Å². The van der Waals surface area contributed by atoms with Gasteiger partial charge < -0.3 is 10.2 Å². The van der Waals surface area contributed by atoms with E-state index in [4.69, 9.17) is 0 Å². The zero-order chi connectivity index (χ0) is 15.9. The molecule has 0 aromatic rings. The Balaban J connectivity index is 2.68. The zero-order valence-electron chi connectivity index (χ0n) is 15.6. The molecule has 2 heteroatoms. The van der Waals surface area contributed by atoms with Gasteiger partial charge in [-0.1, -0.05) is 40.0 Å². The summed E-state index contributed by atoms with van der Waals surface area (Å²) in [5.41, 5.74) is 0.651. The molecule has 1 fully saturated rings. The van der Waals surface area contributed by atoms with Gasteiger partial charge >= 0.3 is 0 Å². The molecule has 1 aliphatic carbocycles. The summed E-state index contributed by atoms with van der Waals surface area (Å²) in [6.45, 7) is 17.6. The minimum absolute atomic E-state index is 0.220. The predicted octanol–water partition coefficient (Wildman–Crippen LogP) is 4.84. The van der Waals surface area contributed by atoms with Crippen LogP contribution in [0.5, 0.6) is 0 Å². The molecular formula is C19H40N2. The molecule has 0 atom stereocenters. The molecule has 1 saturated carbocycles. The largest absolute Gasteiger partial charge is 0.311 e. The lowest BCUT2D eigenvalue weighted by atomic mass is 9.80. The van der Waals surface area contributed by atoms with Crippen LogP contribution in [0.25, 0.3) is 0 Å². The highest BCUT2D eigenvalue weighted by molar-refractivity contribution is 4.88. The summed E-state index contributed by atoms with van der Waals surface area (Å²) < 4.78 is 0. The highest BCUT2D eigenvalue weighted by atomic mass is 15.2. The second-order valence-corrected chi connectivity index (χ2v) is 8.17. The van der Waals surface area contributed by atoms with Gasteiger partial charge in [-0.05, 0) is 58.4 Å². The van der Waals surface area contributed by atoms with Crippen molar-refractivity contribution in [2.75, 3.05) is 19.6 Å². The third-order valence-corrected chi connectivity index (χ3v) is 5.53. The zero-order valence-corrected chi connectivity index (χ0v) is 15.6. The van der Waals surface area contributed by atoms with Crippen molar-refractivity contribution in [1.82, 2.24) is 10.2 Å². The van der Waals surface area contributed by atoms with Crippen molar-refractivity contribution in [2.24, 2.45) is 5.41 Å². The van der Waals surface area contributed by atoms with E-state index in [0.29, 0.717) is 5.41 Å². The molecule has 0 aromatic carbocycles. The molecule has 2 nitrogen and oxygen atoms in total.